The van der Waals surface area contributed by atoms with Gasteiger partial charge in [0.15, 0.2) is 0 Å². The topological polar surface area (TPSA) is 98.2 Å². The van der Waals surface area contributed by atoms with Gasteiger partial charge in [0, 0.05) is 51.1 Å². The molecule has 2 atom stereocenters. The molecule has 3 saturated heterocycles. The minimum atomic E-state index is -0.390. The molecule has 10 nitrogen and oxygen atoms in total. The van der Waals surface area contributed by atoms with Crippen molar-refractivity contribution in [1.82, 2.24) is 20.0 Å². The number of rotatable bonds is 10. The number of hydrogen-bond donors (Lipinski definition) is 1. The molecule has 4 heterocycles. The van der Waals surface area contributed by atoms with E-state index in [-0.39, 0.29) is 42.2 Å². The first-order valence-electron chi connectivity index (χ1n) is 19.7. The van der Waals surface area contributed by atoms with E-state index < -0.39 is 0 Å². The predicted molar refractivity (Wildman–Crippen MR) is 206 cm³/mol. The molecule has 0 bridgehead atoms. The van der Waals surface area contributed by atoms with Crippen LogP contribution in [0.25, 0.3) is 10.9 Å². The van der Waals surface area contributed by atoms with Crippen LogP contribution in [0.15, 0.2) is 36.4 Å². The van der Waals surface area contributed by atoms with E-state index >= 15 is 0 Å². The maximum atomic E-state index is 12.7. The van der Waals surface area contributed by atoms with E-state index in [0.717, 1.165) is 78.3 Å². The van der Waals surface area contributed by atoms with Crippen molar-refractivity contribution >= 4 is 41.0 Å². The van der Waals surface area contributed by atoms with Crippen molar-refractivity contribution in [3.8, 4) is 5.75 Å². The second kappa shape index (κ2) is 14.8. The van der Waals surface area contributed by atoms with Gasteiger partial charge in [0.25, 0.3) is 0 Å². The van der Waals surface area contributed by atoms with Gasteiger partial charge in [0.05, 0.1) is 40.1 Å². The number of aromatic nitrogens is 2. The molecular weight excluding hydrogens is 653 g/mol. The highest BCUT2D eigenvalue weighted by atomic mass is 16.7. The van der Waals surface area contributed by atoms with Gasteiger partial charge >= 0.3 is 7.12 Å². The average Bonchev–Trinajstić information content (AvgIpc) is 3.56. The Kier molecular flexibility index (Phi) is 10.5. The van der Waals surface area contributed by atoms with E-state index in [1.807, 2.05) is 11.7 Å². The van der Waals surface area contributed by atoms with Crippen LogP contribution in [0.2, 0.25) is 0 Å². The summed E-state index contributed by atoms with van der Waals surface area (Å²) < 4.78 is 21.2. The molecule has 0 unspecified atom stereocenters. The van der Waals surface area contributed by atoms with Crippen LogP contribution >= 0.6 is 0 Å². The Hall–Kier alpha value is -3.41. The van der Waals surface area contributed by atoms with Gasteiger partial charge in [-0.05, 0) is 109 Å². The van der Waals surface area contributed by atoms with Gasteiger partial charge in [-0.25, -0.2) is 0 Å². The van der Waals surface area contributed by atoms with Crippen LogP contribution in [-0.4, -0.2) is 83.1 Å². The SMILES string of the molecule is Cc1c(OC2CCC(CCC[C@H](C)N3CCN(c4cccc5c([C@@H]6CCC(=O)NC6=O)nn(C)c45)CC3)CC2)cccc1B1OC(C)(C)C(C)(C)O1. The molecule has 1 aliphatic carbocycles. The Balaban J connectivity index is 0.855. The van der Waals surface area contributed by atoms with Crippen molar-refractivity contribution < 1.29 is 23.6 Å². The van der Waals surface area contributed by atoms with Gasteiger partial charge in [-0.15, -0.1) is 0 Å². The largest absolute Gasteiger partial charge is 0.495 e. The lowest BCUT2D eigenvalue weighted by atomic mass is 9.76. The molecule has 11 heteroatoms. The van der Waals surface area contributed by atoms with E-state index in [9.17, 15) is 9.59 Å². The zero-order valence-electron chi connectivity index (χ0n) is 32.4. The van der Waals surface area contributed by atoms with Crippen molar-refractivity contribution in [3.63, 3.8) is 0 Å². The lowest BCUT2D eigenvalue weighted by molar-refractivity contribution is -0.134. The summed E-state index contributed by atoms with van der Waals surface area (Å²) in [6.07, 6.45) is 9.61. The van der Waals surface area contributed by atoms with Crippen molar-refractivity contribution in [1.29, 1.82) is 0 Å². The fourth-order valence-corrected chi connectivity index (χ4v) is 8.80. The number of para-hydroxylation sites is 1. The minimum absolute atomic E-state index is 0.198. The first-order chi connectivity index (χ1) is 24.8. The van der Waals surface area contributed by atoms with Crippen LogP contribution in [-0.2, 0) is 25.9 Å². The fraction of sp³-hybridized carbons (Fsp3) is 0.634. The lowest BCUT2D eigenvalue weighted by Crippen LogP contribution is -2.49. The van der Waals surface area contributed by atoms with Crippen molar-refractivity contribution in [2.75, 3.05) is 31.1 Å². The van der Waals surface area contributed by atoms with Crippen LogP contribution in [0.3, 0.4) is 0 Å². The molecule has 1 saturated carbocycles. The summed E-state index contributed by atoms with van der Waals surface area (Å²) in [6.45, 7) is 16.9. The summed E-state index contributed by atoms with van der Waals surface area (Å²) in [5, 5.41) is 8.31. The quantitative estimate of drug-likeness (QED) is 0.202. The molecule has 3 aromatic rings. The first kappa shape index (κ1) is 36.9. The number of fused-ring (bicyclic) bond motifs is 1. The summed E-state index contributed by atoms with van der Waals surface area (Å²) in [6, 6.07) is 13.1. The number of imide groups is 1. The third kappa shape index (κ3) is 7.38. The number of amides is 2. The zero-order chi connectivity index (χ0) is 36.8. The number of nitrogens with zero attached hydrogens (tertiary/aromatic N) is 4. The summed E-state index contributed by atoms with van der Waals surface area (Å²) >= 11 is 0. The van der Waals surface area contributed by atoms with Crippen molar-refractivity contribution in [3.05, 3.63) is 47.7 Å². The molecular formula is C41H58BN5O5. The molecule has 2 amide bonds. The third-order valence-corrected chi connectivity index (χ3v) is 12.9. The molecule has 0 radical (unpaired) electrons. The van der Waals surface area contributed by atoms with E-state index in [2.05, 4.69) is 93.1 Å². The van der Waals surface area contributed by atoms with E-state index in [4.69, 9.17) is 19.1 Å². The monoisotopic (exact) mass is 711 g/mol. The summed E-state index contributed by atoms with van der Waals surface area (Å²) in [5.41, 5.74) is 4.46. The summed E-state index contributed by atoms with van der Waals surface area (Å²) in [7, 11) is 1.58. The molecule has 2 aromatic carbocycles. The van der Waals surface area contributed by atoms with Gasteiger partial charge in [0.2, 0.25) is 11.8 Å². The third-order valence-electron chi connectivity index (χ3n) is 12.9. The maximum Gasteiger partial charge on any atom is 0.495 e. The zero-order valence-corrected chi connectivity index (χ0v) is 32.4. The molecule has 4 aliphatic rings. The van der Waals surface area contributed by atoms with E-state index in [1.165, 1.54) is 37.8 Å². The second-order valence-electron chi connectivity index (χ2n) is 16.8. The van der Waals surface area contributed by atoms with Crippen LogP contribution < -0.4 is 20.4 Å². The Bertz CT molecular complexity index is 1760. The van der Waals surface area contributed by atoms with Crippen LogP contribution in [0.4, 0.5) is 5.69 Å². The van der Waals surface area contributed by atoms with Gasteiger partial charge < -0.3 is 18.9 Å². The Morgan fingerprint density at radius 1 is 0.962 bits per heavy atom. The number of hydrogen-bond acceptors (Lipinski definition) is 8. The van der Waals surface area contributed by atoms with Gasteiger partial charge in [0.1, 0.15) is 5.75 Å². The molecule has 3 aliphatic heterocycles. The maximum absolute atomic E-state index is 12.7. The smallest absolute Gasteiger partial charge is 0.490 e. The summed E-state index contributed by atoms with van der Waals surface area (Å²) in [5.74, 6) is 0.914. The normalized spacial score (nSPS) is 25.8. The number of anilines is 1. The Labute approximate surface area is 310 Å². The highest BCUT2D eigenvalue weighted by Crippen LogP contribution is 2.38. The molecule has 4 fully saturated rings. The summed E-state index contributed by atoms with van der Waals surface area (Å²) in [4.78, 5) is 29.5. The van der Waals surface area contributed by atoms with Gasteiger partial charge in [-0.2, -0.15) is 5.10 Å². The van der Waals surface area contributed by atoms with Crippen LogP contribution in [0, 0.1) is 12.8 Å². The average molecular weight is 712 g/mol. The number of piperidine rings is 1. The number of carbonyl (C=O) groups excluding carboxylic acids is 2. The Morgan fingerprint density at radius 3 is 2.35 bits per heavy atom. The lowest BCUT2D eigenvalue weighted by Gasteiger charge is -2.39. The van der Waals surface area contributed by atoms with Gasteiger partial charge in [-0.1, -0.05) is 37.1 Å². The first-order valence-corrected chi connectivity index (χ1v) is 19.7. The van der Waals surface area contributed by atoms with Gasteiger partial charge in [-0.3, -0.25) is 24.5 Å². The van der Waals surface area contributed by atoms with E-state index in [1.54, 1.807) is 0 Å². The fourth-order valence-electron chi connectivity index (χ4n) is 8.80. The van der Waals surface area contributed by atoms with E-state index in [0.29, 0.717) is 18.9 Å². The van der Waals surface area contributed by atoms with Crippen LogP contribution in [0.1, 0.15) is 110 Å². The molecule has 1 aromatic heterocycles. The molecule has 280 valence electrons. The molecule has 1 N–H and O–H groups in total. The highest BCUT2D eigenvalue weighted by Gasteiger charge is 2.52. The standard InChI is InChI=1S/C41H58BN5O5/c1-27(46-23-25-47(26-24-46)34-15-9-13-31-37(44-45(7)38(31)34)32-21-22-36(48)43-39(32)49)11-8-12-29-17-19-30(20-18-29)50-35-16-10-14-33(28(35)2)42-51-40(3,4)41(5,6)52-42/h9-10,13-16,27,29-30,32H,8,11-12,17-26H2,1-7H3,(H,43,48,49)/t27-,29?,30?,32-/m0/s1. The minimum Gasteiger partial charge on any atom is -0.490 e. The number of nitrogens with one attached hydrogen (secondary N) is 1. The molecule has 7 rings (SSSR count). The van der Waals surface area contributed by atoms with Crippen molar-refractivity contribution in [2.45, 2.75) is 129 Å². The second-order valence-corrected chi connectivity index (χ2v) is 16.8. The molecule has 0 spiro atoms. The number of carbonyl (C=O) groups is 2. The number of piperazine rings is 1. The van der Waals surface area contributed by atoms with Crippen LogP contribution in [0.5, 0.6) is 5.75 Å². The highest BCUT2D eigenvalue weighted by molar-refractivity contribution is 6.62. The Morgan fingerprint density at radius 2 is 1.65 bits per heavy atom. The van der Waals surface area contributed by atoms with Crippen molar-refractivity contribution in [2.24, 2.45) is 13.0 Å². The molecule has 52 heavy (non-hydrogen) atoms. The number of ether oxygens (including phenoxy) is 1. The number of benzene rings is 2. The number of aryl methyl sites for hydroxylation is 1. The predicted octanol–water partition coefficient (Wildman–Crippen LogP) is 6.02.